The van der Waals surface area contributed by atoms with Crippen LogP contribution < -0.4 is 4.74 Å². The molecule has 1 aromatic carbocycles. The van der Waals surface area contributed by atoms with E-state index in [4.69, 9.17) is 10.00 Å². The first-order chi connectivity index (χ1) is 8.90. The van der Waals surface area contributed by atoms with Gasteiger partial charge >= 0.3 is 6.18 Å². The van der Waals surface area contributed by atoms with E-state index in [9.17, 15) is 18.0 Å². The molecule has 0 bridgehead atoms. The van der Waals surface area contributed by atoms with Crippen molar-refractivity contribution in [2.24, 2.45) is 0 Å². The second kappa shape index (κ2) is 4.92. The van der Waals surface area contributed by atoms with Crippen molar-refractivity contribution in [1.82, 2.24) is 0 Å². The molecule has 0 N–H and O–H groups in total. The summed E-state index contributed by atoms with van der Waals surface area (Å²) in [5.41, 5.74) is -1.06. The molecule has 0 heterocycles. The number of hydrogen-bond acceptors (Lipinski definition) is 3. The number of ketones is 1. The highest BCUT2D eigenvalue weighted by Gasteiger charge is 2.36. The molecule has 1 atom stereocenters. The van der Waals surface area contributed by atoms with Gasteiger partial charge in [0.05, 0.1) is 17.2 Å². The molecule has 2 rings (SSSR count). The predicted octanol–water partition coefficient (Wildman–Crippen LogP) is 3.08. The third-order valence-electron chi connectivity index (χ3n) is 2.91. The molecule has 3 nitrogen and oxygen atoms in total. The average molecular weight is 269 g/mol. The van der Waals surface area contributed by atoms with E-state index in [2.05, 4.69) is 0 Å². The van der Waals surface area contributed by atoms with E-state index < -0.39 is 17.8 Å². The van der Waals surface area contributed by atoms with Gasteiger partial charge in [-0.1, -0.05) is 0 Å². The number of hydrogen-bond donors (Lipinski definition) is 0. The van der Waals surface area contributed by atoms with Gasteiger partial charge in [0.15, 0.2) is 0 Å². The molecule has 0 amide bonds. The molecule has 0 spiro atoms. The van der Waals surface area contributed by atoms with Crippen molar-refractivity contribution in [3.05, 3.63) is 29.3 Å². The lowest BCUT2D eigenvalue weighted by molar-refractivity contribution is -0.139. The van der Waals surface area contributed by atoms with Gasteiger partial charge in [0.25, 0.3) is 0 Å². The van der Waals surface area contributed by atoms with E-state index in [1.165, 1.54) is 6.07 Å². The Morgan fingerprint density at radius 2 is 2.11 bits per heavy atom. The second-order valence-electron chi connectivity index (χ2n) is 4.34. The Morgan fingerprint density at radius 3 is 2.63 bits per heavy atom. The van der Waals surface area contributed by atoms with Crippen LogP contribution in [0.2, 0.25) is 0 Å². The number of carbonyl (C=O) groups excluding carboxylic acids is 1. The summed E-state index contributed by atoms with van der Waals surface area (Å²) in [4.78, 5) is 11.1. The Hall–Kier alpha value is -2.03. The summed E-state index contributed by atoms with van der Waals surface area (Å²) >= 11 is 0. The summed E-state index contributed by atoms with van der Waals surface area (Å²) in [5.74, 6) is -0.335. The van der Waals surface area contributed by atoms with E-state index in [1.54, 1.807) is 6.07 Å². The van der Waals surface area contributed by atoms with Gasteiger partial charge in [-0.2, -0.15) is 18.4 Å². The lowest BCUT2D eigenvalue weighted by Gasteiger charge is -2.17. The van der Waals surface area contributed by atoms with E-state index in [0.717, 1.165) is 12.1 Å². The molecule has 0 aliphatic heterocycles. The maximum absolute atomic E-state index is 12.9. The van der Waals surface area contributed by atoms with Crippen molar-refractivity contribution in [3.63, 3.8) is 0 Å². The normalized spacial score (nSPS) is 19.3. The van der Waals surface area contributed by atoms with Gasteiger partial charge in [0, 0.05) is 12.8 Å². The quantitative estimate of drug-likeness (QED) is 0.829. The fourth-order valence-electron chi connectivity index (χ4n) is 1.98. The van der Waals surface area contributed by atoms with Crippen LogP contribution in [-0.4, -0.2) is 11.9 Å². The monoisotopic (exact) mass is 269 g/mol. The van der Waals surface area contributed by atoms with E-state index in [-0.39, 0.29) is 23.5 Å². The highest BCUT2D eigenvalue weighted by atomic mass is 19.4. The smallest absolute Gasteiger partial charge is 0.420 e. The largest absolute Gasteiger partial charge is 0.489 e. The van der Waals surface area contributed by atoms with E-state index in [0.29, 0.717) is 12.8 Å². The number of rotatable bonds is 2. The van der Waals surface area contributed by atoms with E-state index >= 15 is 0 Å². The summed E-state index contributed by atoms with van der Waals surface area (Å²) in [6.45, 7) is 0. The highest BCUT2D eigenvalue weighted by Crippen LogP contribution is 2.38. The van der Waals surface area contributed by atoms with Crippen LogP contribution in [0, 0.1) is 11.3 Å². The molecule has 0 radical (unpaired) electrons. The van der Waals surface area contributed by atoms with Gasteiger partial charge in [0.2, 0.25) is 0 Å². The van der Waals surface area contributed by atoms with Crippen LogP contribution in [0.25, 0.3) is 0 Å². The van der Waals surface area contributed by atoms with Gasteiger partial charge in [-0.25, -0.2) is 0 Å². The van der Waals surface area contributed by atoms with Crippen molar-refractivity contribution in [1.29, 1.82) is 5.26 Å². The summed E-state index contributed by atoms with van der Waals surface area (Å²) in [5, 5.41) is 8.63. The van der Waals surface area contributed by atoms with Crippen molar-refractivity contribution in [2.45, 2.75) is 31.5 Å². The van der Waals surface area contributed by atoms with Crippen molar-refractivity contribution in [3.8, 4) is 11.8 Å². The lowest BCUT2D eigenvalue weighted by Crippen LogP contribution is -2.16. The molecule has 0 aromatic heterocycles. The Bertz CT molecular complexity index is 546. The minimum atomic E-state index is -4.59. The minimum Gasteiger partial charge on any atom is -0.489 e. The van der Waals surface area contributed by atoms with Crippen molar-refractivity contribution < 1.29 is 22.7 Å². The Balaban J connectivity index is 2.29. The Kier molecular flexibility index (Phi) is 3.47. The fraction of sp³-hybridized carbons (Fsp3) is 0.385. The highest BCUT2D eigenvalue weighted by molar-refractivity contribution is 5.81. The second-order valence-corrected chi connectivity index (χ2v) is 4.34. The molecule has 1 unspecified atom stereocenters. The predicted molar refractivity (Wildman–Crippen MR) is 59.4 cm³/mol. The van der Waals surface area contributed by atoms with Crippen LogP contribution >= 0.6 is 0 Å². The van der Waals surface area contributed by atoms with Crippen LogP contribution in [-0.2, 0) is 11.0 Å². The molecule has 1 aromatic rings. The molecule has 1 aliphatic rings. The summed E-state index contributed by atoms with van der Waals surface area (Å²) in [6.07, 6.45) is -4.21. The standard InChI is InChI=1S/C13H10F3NO2/c14-13(15,16)11-5-8(7-17)1-4-12(11)19-10-3-2-9(18)6-10/h1,4-5,10H,2-3,6H2. The van der Waals surface area contributed by atoms with E-state index in [1.807, 2.05) is 0 Å². The van der Waals surface area contributed by atoms with Gasteiger partial charge in [0.1, 0.15) is 17.6 Å². The zero-order chi connectivity index (χ0) is 14.0. The first kappa shape index (κ1) is 13.4. The van der Waals surface area contributed by atoms with Gasteiger partial charge in [-0.05, 0) is 24.6 Å². The van der Waals surface area contributed by atoms with Crippen LogP contribution in [0.5, 0.6) is 5.75 Å². The summed E-state index contributed by atoms with van der Waals surface area (Å²) in [6, 6.07) is 4.81. The molecule has 0 saturated heterocycles. The topological polar surface area (TPSA) is 50.1 Å². The molecular weight excluding hydrogens is 259 g/mol. The van der Waals surface area contributed by atoms with Gasteiger partial charge in [-0.3, -0.25) is 4.79 Å². The van der Waals surface area contributed by atoms with Gasteiger partial charge < -0.3 is 4.74 Å². The molecule has 100 valence electrons. The number of halogens is 3. The fourth-order valence-corrected chi connectivity index (χ4v) is 1.98. The summed E-state index contributed by atoms with van der Waals surface area (Å²) in [7, 11) is 0. The van der Waals surface area contributed by atoms with Crippen molar-refractivity contribution in [2.75, 3.05) is 0 Å². The zero-order valence-corrected chi connectivity index (χ0v) is 9.83. The average Bonchev–Trinajstić information content (AvgIpc) is 2.74. The number of benzene rings is 1. The molecular formula is C13H10F3NO2. The molecule has 1 saturated carbocycles. The Labute approximate surface area is 107 Å². The van der Waals surface area contributed by atoms with Crippen molar-refractivity contribution >= 4 is 5.78 Å². The zero-order valence-electron chi connectivity index (χ0n) is 9.83. The third kappa shape index (κ3) is 3.05. The number of nitriles is 1. The van der Waals surface area contributed by atoms with Crippen LogP contribution in [0.4, 0.5) is 13.2 Å². The van der Waals surface area contributed by atoms with Crippen LogP contribution in [0.1, 0.15) is 30.4 Å². The maximum Gasteiger partial charge on any atom is 0.420 e. The first-order valence-electron chi connectivity index (χ1n) is 5.70. The Morgan fingerprint density at radius 1 is 1.37 bits per heavy atom. The molecule has 6 heteroatoms. The number of Topliss-reactive ketones (excluding diaryl/α,β-unsaturated/α-hetero) is 1. The number of alkyl halides is 3. The summed E-state index contributed by atoms with van der Waals surface area (Å²) < 4.78 is 43.8. The minimum absolute atomic E-state index is 0.00722. The first-order valence-corrected chi connectivity index (χ1v) is 5.70. The van der Waals surface area contributed by atoms with Crippen LogP contribution in [0.15, 0.2) is 18.2 Å². The molecule has 19 heavy (non-hydrogen) atoms. The number of carbonyl (C=O) groups is 1. The maximum atomic E-state index is 12.9. The van der Waals surface area contributed by atoms with Gasteiger partial charge in [-0.15, -0.1) is 0 Å². The molecule has 1 fully saturated rings. The third-order valence-corrected chi connectivity index (χ3v) is 2.91. The van der Waals surface area contributed by atoms with Crippen LogP contribution in [0.3, 0.4) is 0 Å². The number of ether oxygens (including phenoxy) is 1. The SMILES string of the molecule is N#Cc1ccc(OC2CCC(=O)C2)c(C(F)(F)F)c1. The molecule has 1 aliphatic carbocycles. The lowest BCUT2D eigenvalue weighted by atomic mass is 10.1. The number of nitrogens with zero attached hydrogens (tertiary/aromatic N) is 1.